The lowest BCUT2D eigenvalue weighted by Gasteiger charge is -2.16. The molecule has 0 bridgehead atoms. The summed E-state index contributed by atoms with van der Waals surface area (Å²) in [5.74, 6) is -4.23. The van der Waals surface area contributed by atoms with Crippen molar-refractivity contribution in [1.29, 1.82) is 0 Å². The monoisotopic (exact) mass is 1000 g/mol. The molecular weight excluding hydrogens is 977 g/mol. The van der Waals surface area contributed by atoms with E-state index in [9.17, 15) is 28.8 Å². The van der Waals surface area contributed by atoms with Gasteiger partial charge in [-0.05, 0) is 98.8 Å². The highest BCUT2D eigenvalue weighted by molar-refractivity contribution is 6.42. The SMILES string of the molecule is CC(=O)C(N=Nc1cc(C(=O)Nc2ccc(Cl)c(Cl)c2)ccc1Cl)C(=O)Nc1ccc(NC(=O)C(N=Nc2cc(C(=O)Nc3ccc(Cl)c(Cl)c3)ccc2Cl)C(C)=O)c(OCCCl)c1. The first-order valence-corrected chi connectivity index (χ1v) is 21.1. The predicted molar refractivity (Wildman–Crippen MR) is 250 cm³/mol. The Hall–Kier alpha value is -5.65. The Bertz CT molecular complexity index is 2720. The summed E-state index contributed by atoms with van der Waals surface area (Å²) in [6.07, 6.45) is 0. The van der Waals surface area contributed by atoms with Crippen LogP contribution in [-0.2, 0) is 19.2 Å². The molecule has 0 radical (unpaired) electrons. The second-order valence-corrected chi connectivity index (χ2v) is 16.0. The minimum Gasteiger partial charge on any atom is -0.490 e. The zero-order valence-electron chi connectivity index (χ0n) is 33.0. The Morgan fingerprint density at radius 2 is 0.938 bits per heavy atom. The van der Waals surface area contributed by atoms with E-state index in [2.05, 4.69) is 41.7 Å². The lowest BCUT2D eigenvalue weighted by Crippen LogP contribution is -2.32. The summed E-state index contributed by atoms with van der Waals surface area (Å²) in [4.78, 5) is 78.0. The van der Waals surface area contributed by atoms with Gasteiger partial charge in [0, 0.05) is 34.3 Å². The van der Waals surface area contributed by atoms with Gasteiger partial charge in [-0.1, -0.05) is 69.6 Å². The summed E-state index contributed by atoms with van der Waals surface area (Å²) in [5, 5.41) is 27.5. The van der Waals surface area contributed by atoms with Crippen molar-refractivity contribution in [2.45, 2.75) is 25.9 Å². The minimum absolute atomic E-state index is 0.0110. The Labute approximate surface area is 399 Å². The van der Waals surface area contributed by atoms with Crippen molar-refractivity contribution in [3.63, 3.8) is 0 Å². The number of carbonyl (C=O) groups excluding carboxylic acids is 6. The maximum atomic E-state index is 13.5. The number of anilines is 4. The third kappa shape index (κ3) is 13.4. The molecule has 15 nitrogen and oxygen atoms in total. The first kappa shape index (κ1) is 49.4. The van der Waals surface area contributed by atoms with Crippen LogP contribution in [0.1, 0.15) is 34.6 Å². The molecule has 2 atom stereocenters. The number of carbonyl (C=O) groups is 6. The van der Waals surface area contributed by atoms with Crippen LogP contribution in [0.5, 0.6) is 5.75 Å². The third-order valence-electron chi connectivity index (χ3n) is 8.44. The topological polar surface area (TPSA) is 209 Å². The average Bonchev–Trinajstić information content (AvgIpc) is 3.24. The molecule has 0 saturated heterocycles. The average molecular weight is 1010 g/mol. The molecule has 22 heteroatoms. The molecule has 330 valence electrons. The number of hydrogen-bond donors (Lipinski definition) is 4. The molecule has 0 aliphatic heterocycles. The molecule has 0 saturated carbocycles. The number of nitrogens with zero attached hydrogens (tertiary/aromatic N) is 4. The van der Waals surface area contributed by atoms with Crippen molar-refractivity contribution in [3.05, 3.63) is 132 Å². The van der Waals surface area contributed by atoms with Crippen molar-refractivity contribution in [2.24, 2.45) is 20.5 Å². The third-order valence-corrected chi connectivity index (χ3v) is 10.7. The Balaban J connectivity index is 1.29. The van der Waals surface area contributed by atoms with Gasteiger partial charge in [-0.3, -0.25) is 28.8 Å². The van der Waals surface area contributed by atoms with Crippen LogP contribution in [0.25, 0.3) is 0 Å². The summed E-state index contributed by atoms with van der Waals surface area (Å²) in [7, 11) is 0. The lowest BCUT2D eigenvalue weighted by molar-refractivity contribution is -0.127. The summed E-state index contributed by atoms with van der Waals surface area (Å²) in [5.41, 5.74) is 1.12. The number of Topliss-reactive ketones (excluding diaryl/α,β-unsaturated/α-hetero) is 2. The van der Waals surface area contributed by atoms with Crippen molar-refractivity contribution < 1.29 is 33.5 Å². The van der Waals surface area contributed by atoms with Gasteiger partial charge in [0.2, 0.25) is 12.1 Å². The van der Waals surface area contributed by atoms with Gasteiger partial charge in [-0.15, -0.1) is 11.6 Å². The van der Waals surface area contributed by atoms with Gasteiger partial charge in [0.25, 0.3) is 23.6 Å². The second kappa shape index (κ2) is 22.8. The molecule has 0 aliphatic rings. The van der Waals surface area contributed by atoms with Crippen LogP contribution in [0.4, 0.5) is 34.1 Å². The predicted octanol–water partition coefficient (Wildman–Crippen LogP) is 12.1. The molecule has 4 N–H and O–H groups in total. The molecule has 5 aromatic rings. The van der Waals surface area contributed by atoms with Crippen LogP contribution in [-0.4, -0.2) is 59.8 Å². The van der Waals surface area contributed by atoms with Crippen molar-refractivity contribution in [3.8, 4) is 5.75 Å². The minimum atomic E-state index is -1.68. The molecule has 64 heavy (non-hydrogen) atoms. The number of rotatable bonds is 17. The van der Waals surface area contributed by atoms with Gasteiger partial charge in [0.15, 0.2) is 11.6 Å². The molecule has 0 spiro atoms. The van der Waals surface area contributed by atoms with Gasteiger partial charge < -0.3 is 26.0 Å². The standard InChI is InChI=1S/C42H31Cl7N8O7/c1-20(58)37(56-54-34-15-22(3-8-29(34)46)39(60)50-24-5-10-27(44)31(48)17-24)41(62)52-26-7-12-33(36(19-26)64-14-13-43)53-42(63)38(21(2)59)57-55-35-16-23(4-9-30(35)47)40(61)51-25-6-11-28(45)32(49)18-25/h3-12,15-19,37-38H,13-14H2,1-2H3,(H,50,60)(H,51,61)(H,52,62)(H,53,63). The van der Waals surface area contributed by atoms with Crippen LogP contribution in [0.15, 0.2) is 111 Å². The molecule has 4 amide bonds. The maximum absolute atomic E-state index is 13.5. The van der Waals surface area contributed by atoms with Crippen LogP contribution >= 0.6 is 81.2 Å². The molecule has 5 rings (SSSR count). The van der Waals surface area contributed by atoms with E-state index in [4.69, 9.17) is 85.9 Å². The van der Waals surface area contributed by atoms with Crippen LogP contribution in [0, 0.1) is 0 Å². The smallest absolute Gasteiger partial charge is 0.258 e. The van der Waals surface area contributed by atoms with Gasteiger partial charge in [-0.2, -0.15) is 20.5 Å². The van der Waals surface area contributed by atoms with Crippen LogP contribution in [0.3, 0.4) is 0 Å². The van der Waals surface area contributed by atoms with Crippen molar-refractivity contribution in [2.75, 3.05) is 33.8 Å². The zero-order valence-corrected chi connectivity index (χ0v) is 38.3. The molecule has 0 aliphatic carbocycles. The maximum Gasteiger partial charge on any atom is 0.258 e. The highest BCUT2D eigenvalue weighted by atomic mass is 35.5. The Morgan fingerprint density at radius 1 is 0.516 bits per heavy atom. The van der Waals surface area contributed by atoms with E-state index in [1.807, 2.05) is 0 Å². The van der Waals surface area contributed by atoms with Gasteiger partial charge >= 0.3 is 0 Å². The van der Waals surface area contributed by atoms with Crippen LogP contribution < -0.4 is 26.0 Å². The Morgan fingerprint density at radius 3 is 1.38 bits per heavy atom. The number of nitrogens with one attached hydrogen (secondary N) is 4. The number of hydrogen-bond acceptors (Lipinski definition) is 11. The Kier molecular flexibility index (Phi) is 17.6. The molecular formula is C42H31Cl7N8O7. The zero-order chi connectivity index (χ0) is 46.7. The molecule has 0 heterocycles. The number of ether oxygens (including phenoxy) is 1. The number of ketones is 2. The first-order chi connectivity index (χ1) is 30.4. The molecule has 2 unspecified atom stereocenters. The first-order valence-electron chi connectivity index (χ1n) is 18.3. The van der Waals surface area contributed by atoms with E-state index >= 15 is 0 Å². The fourth-order valence-corrected chi connectivity index (χ4v) is 6.26. The van der Waals surface area contributed by atoms with E-state index in [0.29, 0.717) is 21.4 Å². The van der Waals surface area contributed by atoms with Crippen LogP contribution in [0.2, 0.25) is 30.1 Å². The number of amides is 4. The summed E-state index contributed by atoms with van der Waals surface area (Å²) < 4.78 is 5.72. The summed E-state index contributed by atoms with van der Waals surface area (Å²) >= 11 is 42.5. The normalized spacial score (nSPS) is 12.1. The highest BCUT2D eigenvalue weighted by Crippen LogP contribution is 2.32. The molecule has 0 fully saturated rings. The van der Waals surface area contributed by atoms with Crippen molar-refractivity contribution in [1.82, 2.24) is 0 Å². The number of halogens is 7. The number of alkyl halides is 1. The fourth-order valence-electron chi connectivity index (χ4n) is 5.27. The van der Waals surface area contributed by atoms with E-state index in [-0.39, 0.29) is 72.2 Å². The summed E-state index contributed by atoms with van der Waals surface area (Å²) in [6.45, 7) is 2.21. The lowest BCUT2D eigenvalue weighted by atomic mass is 10.1. The van der Waals surface area contributed by atoms with E-state index in [1.54, 1.807) is 12.1 Å². The van der Waals surface area contributed by atoms with Gasteiger partial charge in [0.1, 0.15) is 23.7 Å². The van der Waals surface area contributed by atoms with E-state index in [1.165, 1.54) is 78.9 Å². The number of benzene rings is 5. The fraction of sp³-hybridized carbons (Fsp3) is 0.143. The molecule has 5 aromatic carbocycles. The highest BCUT2D eigenvalue weighted by Gasteiger charge is 2.27. The number of azo groups is 2. The largest absolute Gasteiger partial charge is 0.490 e. The van der Waals surface area contributed by atoms with E-state index in [0.717, 1.165) is 13.8 Å². The molecule has 0 aromatic heterocycles. The quantitative estimate of drug-likeness (QED) is 0.0402. The second-order valence-electron chi connectivity index (χ2n) is 13.2. The van der Waals surface area contributed by atoms with E-state index < -0.39 is 47.3 Å². The summed E-state index contributed by atoms with van der Waals surface area (Å²) in [6, 6.07) is 18.1. The van der Waals surface area contributed by atoms with Gasteiger partial charge in [-0.25, -0.2) is 0 Å². The van der Waals surface area contributed by atoms with Crippen molar-refractivity contribution >= 4 is 151 Å². The van der Waals surface area contributed by atoms with Gasteiger partial charge in [0.05, 0.1) is 41.7 Å².